The first kappa shape index (κ1) is 19.2. The van der Waals surface area contributed by atoms with Crippen LogP contribution in [0.1, 0.15) is 16.2 Å². The van der Waals surface area contributed by atoms with E-state index < -0.39 is 5.97 Å². The molecule has 0 radical (unpaired) electrons. The normalized spacial score (nSPS) is 15.1. The van der Waals surface area contributed by atoms with Gasteiger partial charge in [0.2, 0.25) is 0 Å². The first-order chi connectivity index (χ1) is 14.0. The second-order valence-electron chi connectivity index (χ2n) is 7.18. The van der Waals surface area contributed by atoms with Crippen LogP contribution in [0.5, 0.6) is 5.75 Å². The maximum absolute atomic E-state index is 13.6. The van der Waals surface area contributed by atoms with Crippen LogP contribution in [0.3, 0.4) is 0 Å². The summed E-state index contributed by atoms with van der Waals surface area (Å²) in [5.74, 6) is -0.153. The highest BCUT2D eigenvalue weighted by Gasteiger charge is 2.20. The Hall–Kier alpha value is -3.13. The molecule has 3 aromatic rings. The lowest BCUT2D eigenvalue weighted by Gasteiger charge is -2.36. The van der Waals surface area contributed by atoms with E-state index in [0.717, 1.165) is 43.2 Å². The number of hydrogen-bond acceptors (Lipinski definition) is 5. The zero-order valence-corrected chi connectivity index (χ0v) is 16.4. The number of carbonyl (C=O) groups is 1. The number of ether oxygens (including phenoxy) is 1. The summed E-state index contributed by atoms with van der Waals surface area (Å²) < 4.78 is 20.7. The number of hydrogen-bond donors (Lipinski definition) is 1. The number of piperazine rings is 1. The number of fused-ring (bicyclic) bond motifs is 1. The molecule has 2 heterocycles. The molecule has 1 aliphatic heterocycles. The molecule has 7 nitrogen and oxygen atoms in total. The summed E-state index contributed by atoms with van der Waals surface area (Å²) in [4.78, 5) is 20.4. The van der Waals surface area contributed by atoms with Gasteiger partial charge < -0.3 is 19.3 Å². The van der Waals surface area contributed by atoms with Gasteiger partial charge in [-0.3, -0.25) is 4.90 Å². The highest BCUT2D eigenvalue weighted by Crippen LogP contribution is 2.26. The molecule has 1 N–H and O–H groups in total. The second kappa shape index (κ2) is 7.71. The van der Waals surface area contributed by atoms with Crippen molar-refractivity contribution in [1.82, 2.24) is 14.5 Å². The Kier molecular flexibility index (Phi) is 5.10. The lowest BCUT2D eigenvalue weighted by Crippen LogP contribution is -2.46. The number of nitrogens with zero attached hydrogens (tertiary/aromatic N) is 4. The summed E-state index contributed by atoms with van der Waals surface area (Å²) in [5.41, 5.74) is 2.80. The molecule has 1 aromatic heterocycles. The Morgan fingerprint density at radius 2 is 1.93 bits per heavy atom. The van der Waals surface area contributed by atoms with E-state index in [1.54, 1.807) is 30.3 Å². The molecule has 0 spiro atoms. The Morgan fingerprint density at radius 3 is 2.62 bits per heavy atom. The molecule has 1 saturated heterocycles. The number of rotatable bonds is 5. The van der Waals surface area contributed by atoms with Gasteiger partial charge in [0, 0.05) is 45.0 Å². The fourth-order valence-electron chi connectivity index (χ4n) is 3.73. The fourth-order valence-corrected chi connectivity index (χ4v) is 3.73. The second-order valence-corrected chi connectivity index (χ2v) is 7.18. The third-order valence-corrected chi connectivity index (χ3v) is 5.46. The van der Waals surface area contributed by atoms with Gasteiger partial charge in [-0.25, -0.2) is 14.2 Å². The van der Waals surface area contributed by atoms with Crippen LogP contribution in [-0.4, -0.2) is 58.8 Å². The molecule has 1 aliphatic rings. The monoisotopic (exact) mass is 398 g/mol. The van der Waals surface area contributed by atoms with E-state index in [0.29, 0.717) is 12.1 Å². The molecule has 0 unspecified atom stereocenters. The average molecular weight is 398 g/mol. The van der Waals surface area contributed by atoms with Crippen LogP contribution in [0.25, 0.3) is 11.0 Å². The van der Waals surface area contributed by atoms with Crippen molar-refractivity contribution in [2.24, 2.45) is 7.05 Å². The summed E-state index contributed by atoms with van der Waals surface area (Å²) in [6.45, 7) is 4.03. The Morgan fingerprint density at radius 1 is 1.17 bits per heavy atom. The first-order valence-corrected chi connectivity index (χ1v) is 9.46. The standard InChI is InChI=1S/C21H23FN4O3/c1-24-18-6-3-14(21(27)28)11-17(18)23-20(24)13-25-7-9-26(10-8-25)15-4-5-16(22)19(12-15)29-2/h3-6,11-12H,7-10,13H2,1-2H3,(H,27,28). The Bertz CT molecular complexity index is 1060. The van der Waals surface area contributed by atoms with Crippen LogP contribution in [0, 0.1) is 5.82 Å². The molecular weight excluding hydrogens is 375 g/mol. The quantitative estimate of drug-likeness (QED) is 0.713. The van der Waals surface area contributed by atoms with Crippen molar-refractivity contribution in [3.8, 4) is 5.75 Å². The van der Waals surface area contributed by atoms with E-state index in [2.05, 4.69) is 14.8 Å². The van der Waals surface area contributed by atoms with Gasteiger partial charge >= 0.3 is 5.97 Å². The van der Waals surface area contributed by atoms with Gasteiger partial charge in [-0.2, -0.15) is 0 Å². The van der Waals surface area contributed by atoms with E-state index in [1.165, 1.54) is 13.2 Å². The molecule has 0 bridgehead atoms. The number of carboxylic acid groups (broad SMARTS) is 1. The van der Waals surface area contributed by atoms with Crippen molar-refractivity contribution in [3.63, 3.8) is 0 Å². The summed E-state index contributed by atoms with van der Waals surface area (Å²) >= 11 is 0. The number of methoxy groups -OCH3 is 1. The van der Waals surface area contributed by atoms with E-state index in [1.807, 2.05) is 11.6 Å². The Labute approximate surface area is 167 Å². The van der Waals surface area contributed by atoms with Gasteiger partial charge in [-0.15, -0.1) is 0 Å². The zero-order valence-electron chi connectivity index (χ0n) is 16.4. The third kappa shape index (κ3) is 3.75. The number of benzene rings is 2. The van der Waals surface area contributed by atoms with Crippen molar-refractivity contribution < 1.29 is 19.0 Å². The summed E-state index contributed by atoms with van der Waals surface area (Å²) in [6, 6.07) is 9.96. The molecule has 0 aliphatic carbocycles. The Balaban J connectivity index is 1.44. The molecule has 2 aromatic carbocycles. The van der Waals surface area contributed by atoms with E-state index in [4.69, 9.17) is 4.74 Å². The lowest BCUT2D eigenvalue weighted by molar-refractivity contribution is 0.0697. The van der Waals surface area contributed by atoms with Crippen LogP contribution in [-0.2, 0) is 13.6 Å². The number of aromatic carboxylic acids is 1. The topological polar surface area (TPSA) is 70.8 Å². The van der Waals surface area contributed by atoms with Gasteiger partial charge in [0.1, 0.15) is 5.82 Å². The number of halogens is 1. The number of aryl methyl sites for hydroxylation is 1. The minimum absolute atomic E-state index is 0.241. The molecule has 8 heteroatoms. The van der Waals surface area contributed by atoms with Crippen molar-refractivity contribution >= 4 is 22.7 Å². The molecule has 29 heavy (non-hydrogen) atoms. The predicted molar refractivity (Wildman–Crippen MR) is 108 cm³/mol. The van der Waals surface area contributed by atoms with Crippen molar-refractivity contribution in [2.75, 3.05) is 38.2 Å². The van der Waals surface area contributed by atoms with Gasteiger partial charge in [0.15, 0.2) is 11.6 Å². The van der Waals surface area contributed by atoms with Crippen molar-refractivity contribution in [3.05, 3.63) is 53.6 Å². The van der Waals surface area contributed by atoms with Gasteiger partial charge in [-0.1, -0.05) is 0 Å². The maximum atomic E-state index is 13.6. The summed E-state index contributed by atoms with van der Waals surface area (Å²) in [7, 11) is 3.42. The highest BCUT2D eigenvalue weighted by molar-refractivity contribution is 5.92. The van der Waals surface area contributed by atoms with Crippen LogP contribution in [0.2, 0.25) is 0 Å². The fraction of sp³-hybridized carbons (Fsp3) is 0.333. The van der Waals surface area contributed by atoms with Crippen molar-refractivity contribution in [1.29, 1.82) is 0 Å². The van der Waals surface area contributed by atoms with E-state index in [-0.39, 0.29) is 17.1 Å². The van der Waals surface area contributed by atoms with Gasteiger partial charge in [-0.05, 0) is 30.3 Å². The summed E-state index contributed by atoms with van der Waals surface area (Å²) in [5, 5.41) is 9.17. The SMILES string of the molecule is COc1cc(N2CCN(Cc3nc4cc(C(=O)O)ccc4n3C)CC2)ccc1F. The molecule has 152 valence electrons. The average Bonchev–Trinajstić information content (AvgIpc) is 3.04. The smallest absolute Gasteiger partial charge is 0.335 e. The lowest BCUT2D eigenvalue weighted by atomic mass is 10.2. The van der Waals surface area contributed by atoms with Crippen LogP contribution in [0.4, 0.5) is 10.1 Å². The molecule has 4 rings (SSSR count). The minimum atomic E-state index is -0.951. The van der Waals surface area contributed by atoms with Crippen molar-refractivity contribution in [2.45, 2.75) is 6.54 Å². The highest BCUT2D eigenvalue weighted by atomic mass is 19.1. The van der Waals surface area contributed by atoms with Crippen LogP contribution in [0.15, 0.2) is 36.4 Å². The maximum Gasteiger partial charge on any atom is 0.335 e. The first-order valence-electron chi connectivity index (χ1n) is 9.46. The number of imidazole rings is 1. The number of anilines is 1. The van der Waals surface area contributed by atoms with E-state index in [9.17, 15) is 14.3 Å². The molecule has 0 amide bonds. The van der Waals surface area contributed by atoms with E-state index >= 15 is 0 Å². The van der Waals surface area contributed by atoms with Gasteiger partial charge in [0.05, 0.1) is 30.3 Å². The van der Waals surface area contributed by atoms with Crippen LogP contribution >= 0.6 is 0 Å². The number of aromatic nitrogens is 2. The third-order valence-electron chi connectivity index (χ3n) is 5.46. The summed E-state index contributed by atoms with van der Waals surface area (Å²) in [6.07, 6.45) is 0. The zero-order chi connectivity index (χ0) is 20.5. The van der Waals surface area contributed by atoms with Crippen LogP contribution < -0.4 is 9.64 Å². The molecule has 0 saturated carbocycles. The van der Waals surface area contributed by atoms with Gasteiger partial charge in [0.25, 0.3) is 0 Å². The molecule has 0 atom stereocenters. The number of carboxylic acids is 1. The minimum Gasteiger partial charge on any atom is -0.494 e. The molecular formula is C21H23FN4O3. The largest absolute Gasteiger partial charge is 0.494 e. The predicted octanol–water partition coefficient (Wildman–Crippen LogP) is 2.74. The molecule has 1 fully saturated rings.